The van der Waals surface area contributed by atoms with Crippen molar-refractivity contribution in [3.8, 4) is 5.88 Å². The van der Waals surface area contributed by atoms with Gasteiger partial charge in [-0.25, -0.2) is 9.97 Å². The number of rotatable bonds is 4. The summed E-state index contributed by atoms with van der Waals surface area (Å²) in [5, 5.41) is 6.14. The number of carbonyl (C=O) groups is 2. The minimum atomic E-state index is -0.158. The van der Waals surface area contributed by atoms with Gasteiger partial charge in [0.25, 0.3) is 0 Å². The van der Waals surface area contributed by atoms with Crippen LogP contribution in [0.15, 0.2) is 12.4 Å². The average molecular weight is 333 g/mol. The molecule has 0 aliphatic carbocycles. The third kappa shape index (κ3) is 3.93. The molecule has 130 valence electrons. The zero-order chi connectivity index (χ0) is 16.9. The second-order valence-electron chi connectivity index (χ2n) is 6.23. The predicted molar refractivity (Wildman–Crippen MR) is 87.5 cm³/mol. The van der Waals surface area contributed by atoms with Crippen LogP contribution in [0.25, 0.3) is 0 Å². The second kappa shape index (κ2) is 7.46. The van der Waals surface area contributed by atoms with Gasteiger partial charge in [-0.15, -0.1) is 0 Å². The minimum Gasteiger partial charge on any atom is -0.481 e. The van der Waals surface area contributed by atoms with E-state index in [0.717, 1.165) is 25.1 Å². The van der Waals surface area contributed by atoms with Gasteiger partial charge in [0.1, 0.15) is 12.1 Å². The van der Waals surface area contributed by atoms with Gasteiger partial charge in [0.15, 0.2) is 0 Å². The fourth-order valence-electron chi connectivity index (χ4n) is 3.24. The molecule has 8 heteroatoms. The molecule has 1 unspecified atom stereocenters. The number of methoxy groups -OCH3 is 1. The van der Waals surface area contributed by atoms with Crippen LogP contribution in [0.5, 0.6) is 5.88 Å². The number of nitrogens with one attached hydrogen (secondary N) is 2. The Morgan fingerprint density at radius 2 is 2.12 bits per heavy atom. The first-order chi connectivity index (χ1) is 11.7. The molecule has 0 aromatic carbocycles. The Labute approximate surface area is 141 Å². The molecule has 0 radical (unpaired) electrons. The Bertz CT molecular complexity index is 601. The zero-order valence-electron chi connectivity index (χ0n) is 13.8. The number of carbonyl (C=O) groups excluding carboxylic acids is 2. The van der Waals surface area contributed by atoms with Crippen molar-refractivity contribution in [1.29, 1.82) is 0 Å². The summed E-state index contributed by atoms with van der Waals surface area (Å²) >= 11 is 0. The van der Waals surface area contributed by atoms with Crippen molar-refractivity contribution in [3.05, 3.63) is 12.4 Å². The van der Waals surface area contributed by atoms with E-state index >= 15 is 0 Å². The van der Waals surface area contributed by atoms with Gasteiger partial charge in [0.2, 0.25) is 17.7 Å². The van der Waals surface area contributed by atoms with E-state index in [1.54, 1.807) is 13.2 Å². The van der Waals surface area contributed by atoms with Crippen LogP contribution < -0.4 is 15.4 Å². The smallest absolute Gasteiger partial charge is 0.226 e. The fourth-order valence-corrected chi connectivity index (χ4v) is 3.24. The van der Waals surface area contributed by atoms with E-state index in [9.17, 15) is 9.59 Å². The molecule has 2 fully saturated rings. The third-order valence-corrected chi connectivity index (χ3v) is 4.61. The molecule has 3 heterocycles. The van der Waals surface area contributed by atoms with Crippen LogP contribution in [0.3, 0.4) is 0 Å². The maximum atomic E-state index is 12.5. The van der Waals surface area contributed by atoms with Gasteiger partial charge >= 0.3 is 0 Å². The Kier molecular flexibility index (Phi) is 5.12. The molecular weight excluding hydrogens is 310 g/mol. The number of likely N-dealkylation sites (tertiary alicyclic amines) is 1. The van der Waals surface area contributed by atoms with Crippen LogP contribution in [0.2, 0.25) is 0 Å². The Hall–Kier alpha value is -2.38. The van der Waals surface area contributed by atoms with Crippen LogP contribution in [-0.2, 0) is 9.59 Å². The second-order valence-corrected chi connectivity index (χ2v) is 6.23. The molecule has 24 heavy (non-hydrogen) atoms. The maximum absolute atomic E-state index is 12.5. The molecular formula is C16H23N5O3. The van der Waals surface area contributed by atoms with E-state index in [2.05, 4.69) is 20.6 Å². The number of hydrogen-bond donors (Lipinski definition) is 2. The van der Waals surface area contributed by atoms with Crippen LogP contribution >= 0.6 is 0 Å². The topological polar surface area (TPSA) is 96.5 Å². The van der Waals surface area contributed by atoms with Gasteiger partial charge in [-0.2, -0.15) is 0 Å². The summed E-state index contributed by atoms with van der Waals surface area (Å²) in [6.07, 6.45) is 4.24. The van der Waals surface area contributed by atoms with E-state index in [0.29, 0.717) is 31.9 Å². The number of hydrogen-bond acceptors (Lipinski definition) is 6. The molecule has 1 aromatic rings. The highest BCUT2D eigenvalue weighted by Gasteiger charge is 2.31. The van der Waals surface area contributed by atoms with Crippen LogP contribution in [0, 0.1) is 5.92 Å². The monoisotopic (exact) mass is 333 g/mol. The predicted octanol–water partition coefficient (Wildman–Crippen LogP) is 0.414. The summed E-state index contributed by atoms with van der Waals surface area (Å²) in [6, 6.07) is 2.03. The molecule has 2 aliphatic rings. The van der Waals surface area contributed by atoms with Crippen molar-refractivity contribution in [1.82, 2.24) is 20.2 Å². The normalized spacial score (nSPS) is 22.0. The lowest BCUT2D eigenvalue weighted by Gasteiger charge is -2.35. The molecule has 2 saturated heterocycles. The average Bonchev–Trinajstić information content (AvgIpc) is 2.62. The highest BCUT2D eigenvalue weighted by atomic mass is 16.5. The van der Waals surface area contributed by atoms with E-state index in [-0.39, 0.29) is 23.8 Å². The molecule has 2 aliphatic heterocycles. The Morgan fingerprint density at radius 1 is 1.33 bits per heavy atom. The molecule has 0 spiro atoms. The lowest BCUT2D eigenvalue weighted by atomic mass is 9.94. The lowest BCUT2D eigenvalue weighted by molar-refractivity contribution is -0.140. The van der Waals surface area contributed by atoms with Gasteiger partial charge in [0.05, 0.1) is 7.11 Å². The van der Waals surface area contributed by atoms with Crippen LogP contribution in [-0.4, -0.2) is 59.5 Å². The van der Waals surface area contributed by atoms with Crippen molar-refractivity contribution in [2.24, 2.45) is 5.92 Å². The van der Waals surface area contributed by atoms with E-state index in [4.69, 9.17) is 4.74 Å². The Morgan fingerprint density at radius 3 is 2.83 bits per heavy atom. The summed E-state index contributed by atoms with van der Waals surface area (Å²) in [5.41, 5.74) is 0. The highest BCUT2D eigenvalue weighted by molar-refractivity contribution is 5.87. The molecule has 0 bridgehead atoms. The van der Waals surface area contributed by atoms with Gasteiger partial charge in [0, 0.05) is 44.1 Å². The number of nitrogens with zero attached hydrogens (tertiary/aromatic N) is 3. The highest BCUT2D eigenvalue weighted by Crippen LogP contribution is 2.21. The largest absolute Gasteiger partial charge is 0.481 e. The fraction of sp³-hybridized carbons (Fsp3) is 0.625. The first kappa shape index (κ1) is 16.5. The summed E-state index contributed by atoms with van der Waals surface area (Å²) in [5.74, 6) is 1.20. The van der Waals surface area contributed by atoms with Gasteiger partial charge < -0.3 is 20.3 Å². The van der Waals surface area contributed by atoms with Crippen molar-refractivity contribution in [2.75, 3.05) is 32.1 Å². The van der Waals surface area contributed by atoms with E-state index in [1.807, 2.05) is 4.90 Å². The first-order valence-corrected chi connectivity index (χ1v) is 8.34. The SMILES string of the molecule is COc1cc(NC2CCN(C(=O)C3CCNC(=O)C3)CC2)ncn1. The minimum absolute atomic E-state index is 0.0196. The molecule has 3 rings (SSSR count). The molecule has 2 N–H and O–H groups in total. The van der Waals surface area contributed by atoms with Gasteiger partial charge in [-0.3, -0.25) is 9.59 Å². The van der Waals surface area contributed by atoms with Crippen molar-refractivity contribution in [3.63, 3.8) is 0 Å². The summed E-state index contributed by atoms with van der Waals surface area (Å²) < 4.78 is 5.09. The molecule has 0 saturated carbocycles. The zero-order valence-corrected chi connectivity index (χ0v) is 13.8. The quantitative estimate of drug-likeness (QED) is 0.829. The Balaban J connectivity index is 1.50. The third-order valence-electron chi connectivity index (χ3n) is 4.61. The van der Waals surface area contributed by atoms with E-state index < -0.39 is 0 Å². The molecule has 8 nitrogen and oxygen atoms in total. The summed E-state index contributed by atoms with van der Waals surface area (Å²) in [6.45, 7) is 2.01. The number of amides is 2. The molecule has 1 atom stereocenters. The summed E-state index contributed by atoms with van der Waals surface area (Å²) in [4.78, 5) is 34.1. The van der Waals surface area contributed by atoms with Crippen molar-refractivity contribution in [2.45, 2.75) is 31.7 Å². The van der Waals surface area contributed by atoms with Crippen molar-refractivity contribution >= 4 is 17.6 Å². The maximum Gasteiger partial charge on any atom is 0.226 e. The number of anilines is 1. The van der Waals surface area contributed by atoms with E-state index in [1.165, 1.54) is 6.33 Å². The molecule has 2 amide bonds. The summed E-state index contributed by atoms with van der Waals surface area (Å²) in [7, 11) is 1.57. The number of aromatic nitrogens is 2. The van der Waals surface area contributed by atoms with Crippen molar-refractivity contribution < 1.29 is 14.3 Å². The lowest BCUT2D eigenvalue weighted by Crippen LogP contribution is -2.47. The standard InChI is InChI=1S/C16H23N5O3/c1-24-15-9-13(18-10-19-15)20-12-3-6-21(7-4-12)16(23)11-2-5-17-14(22)8-11/h9-12H,2-8H2,1H3,(H,17,22)(H,18,19,20). The number of piperidine rings is 2. The number of ether oxygens (including phenoxy) is 1. The first-order valence-electron chi connectivity index (χ1n) is 8.34. The van der Waals surface area contributed by atoms with Gasteiger partial charge in [-0.05, 0) is 19.3 Å². The molecule has 1 aromatic heterocycles. The van der Waals surface area contributed by atoms with Gasteiger partial charge in [-0.1, -0.05) is 0 Å². The van der Waals surface area contributed by atoms with Crippen LogP contribution in [0.4, 0.5) is 5.82 Å². The van der Waals surface area contributed by atoms with Crippen LogP contribution in [0.1, 0.15) is 25.7 Å².